The number of fused-ring (bicyclic) bond motifs is 2. The zero-order chi connectivity index (χ0) is 22.3. The van der Waals surface area contributed by atoms with Crippen LogP contribution < -0.4 is 15.4 Å². The SMILES string of the molecule is CNc1ncc(C#Cc2ccc3c(c2)C=CC(C)(C)O3)c2cc(NC(=O)C3CC3)ncc12. The van der Waals surface area contributed by atoms with Gasteiger partial charge < -0.3 is 15.4 Å². The summed E-state index contributed by atoms with van der Waals surface area (Å²) in [6.07, 6.45) is 9.49. The summed E-state index contributed by atoms with van der Waals surface area (Å²) in [5, 5.41) is 7.75. The van der Waals surface area contributed by atoms with Crippen molar-refractivity contribution in [1.29, 1.82) is 0 Å². The molecule has 1 fully saturated rings. The van der Waals surface area contributed by atoms with E-state index in [1.54, 1.807) is 12.4 Å². The molecule has 1 aliphatic carbocycles. The van der Waals surface area contributed by atoms with Gasteiger partial charge in [-0.2, -0.15) is 0 Å². The van der Waals surface area contributed by atoms with E-state index in [0.717, 1.165) is 51.9 Å². The third-order valence-corrected chi connectivity index (χ3v) is 5.60. The van der Waals surface area contributed by atoms with Crippen LogP contribution in [0.4, 0.5) is 11.6 Å². The molecular formula is C26H24N4O2. The Kier molecular flexibility index (Phi) is 4.82. The van der Waals surface area contributed by atoms with E-state index in [1.165, 1.54) is 0 Å². The van der Waals surface area contributed by atoms with Crippen LogP contribution >= 0.6 is 0 Å². The number of pyridine rings is 2. The Balaban J connectivity index is 1.50. The van der Waals surface area contributed by atoms with Crippen molar-refractivity contribution in [3.05, 3.63) is 59.4 Å². The molecule has 1 amide bonds. The van der Waals surface area contributed by atoms with Gasteiger partial charge in [0.2, 0.25) is 5.91 Å². The lowest BCUT2D eigenvalue weighted by Crippen LogP contribution is -2.27. The van der Waals surface area contributed by atoms with Crippen molar-refractivity contribution in [2.75, 3.05) is 17.7 Å². The van der Waals surface area contributed by atoms with Gasteiger partial charge in [0, 0.05) is 47.3 Å². The summed E-state index contributed by atoms with van der Waals surface area (Å²) in [5.41, 5.74) is 2.37. The highest BCUT2D eigenvalue weighted by atomic mass is 16.5. The summed E-state index contributed by atoms with van der Waals surface area (Å²) in [5.74, 6) is 8.74. The predicted molar refractivity (Wildman–Crippen MR) is 127 cm³/mol. The van der Waals surface area contributed by atoms with E-state index in [9.17, 15) is 4.79 Å². The van der Waals surface area contributed by atoms with Crippen LogP contribution in [0.15, 0.2) is 42.7 Å². The highest BCUT2D eigenvalue weighted by Gasteiger charge is 2.29. The Morgan fingerprint density at radius 2 is 1.97 bits per heavy atom. The van der Waals surface area contributed by atoms with Crippen LogP contribution in [-0.2, 0) is 4.79 Å². The van der Waals surface area contributed by atoms with Crippen LogP contribution in [0.3, 0.4) is 0 Å². The van der Waals surface area contributed by atoms with Crippen LogP contribution in [0.2, 0.25) is 0 Å². The van der Waals surface area contributed by atoms with E-state index in [-0.39, 0.29) is 17.4 Å². The van der Waals surface area contributed by atoms with Crippen molar-refractivity contribution in [2.45, 2.75) is 32.3 Å². The molecular weight excluding hydrogens is 400 g/mol. The number of amides is 1. The molecule has 5 rings (SSSR count). The summed E-state index contributed by atoms with van der Waals surface area (Å²) in [6, 6.07) is 7.81. The highest BCUT2D eigenvalue weighted by Crippen LogP contribution is 2.32. The molecule has 1 aromatic carbocycles. The van der Waals surface area contributed by atoms with E-state index in [2.05, 4.69) is 38.5 Å². The lowest BCUT2D eigenvalue weighted by Gasteiger charge is -2.27. The maximum absolute atomic E-state index is 12.2. The van der Waals surface area contributed by atoms with E-state index in [0.29, 0.717) is 5.82 Å². The first-order valence-corrected chi connectivity index (χ1v) is 10.7. The van der Waals surface area contributed by atoms with Gasteiger partial charge in [-0.1, -0.05) is 17.9 Å². The first-order valence-electron chi connectivity index (χ1n) is 10.7. The number of anilines is 2. The Hall–Kier alpha value is -3.85. The number of hydrogen-bond donors (Lipinski definition) is 2. The molecule has 3 aromatic rings. The number of aromatic nitrogens is 2. The molecule has 0 atom stereocenters. The quantitative estimate of drug-likeness (QED) is 0.601. The minimum atomic E-state index is -0.305. The molecule has 2 N–H and O–H groups in total. The van der Waals surface area contributed by atoms with Crippen molar-refractivity contribution < 1.29 is 9.53 Å². The average Bonchev–Trinajstić information content (AvgIpc) is 3.62. The van der Waals surface area contributed by atoms with Gasteiger partial charge in [0.05, 0.1) is 5.56 Å². The second-order valence-electron chi connectivity index (χ2n) is 8.69. The molecule has 0 spiro atoms. The Morgan fingerprint density at radius 3 is 2.75 bits per heavy atom. The molecule has 6 nitrogen and oxygen atoms in total. The number of carbonyl (C=O) groups excluding carboxylic acids is 1. The molecule has 160 valence electrons. The van der Waals surface area contributed by atoms with Gasteiger partial charge in [0.15, 0.2) is 0 Å². The standard InChI is InChI=1S/C26H24N4O2/c1-26(2)11-10-18-12-16(5-9-22(18)32-26)4-6-19-14-29-24(27-3)21-15-28-23(13-20(19)21)30-25(31)17-7-8-17/h5,9-15,17H,7-8H2,1-3H3,(H,27,29)(H,28,30,31). The van der Waals surface area contributed by atoms with Gasteiger partial charge in [0.1, 0.15) is 23.0 Å². The number of nitrogens with one attached hydrogen (secondary N) is 2. The monoisotopic (exact) mass is 424 g/mol. The third-order valence-electron chi connectivity index (χ3n) is 5.60. The van der Waals surface area contributed by atoms with E-state index in [4.69, 9.17) is 4.74 Å². The molecule has 32 heavy (non-hydrogen) atoms. The second kappa shape index (κ2) is 7.69. The molecule has 1 saturated carbocycles. The molecule has 0 bridgehead atoms. The minimum absolute atomic E-state index is 0.0277. The summed E-state index contributed by atoms with van der Waals surface area (Å²) in [6.45, 7) is 4.06. The summed E-state index contributed by atoms with van der Waals surface area (Å²) < 4.78 is 5.99. The van der Waals surface area contributed by atoms with Crippen LogP contribution in [0.25, 0.3) is 16.8 Å². The van der Waals surface area contributed by atoms with Crippen LogP contribution in [-0.4, -0.2) is 28.5 Å². The number of ether oxygens (including phenoxy) is 1. The maximum Gasteiger partial charge on any atom is 0.228 e. The third kappa shape index (κ3) is 4.02. The Bertz CT molecular complexity index is 1330. The smallest absolute Gasteiger partial charge is 0.228 e. The Morgan fingerprint density at radius 1 is 1.12 bits per heavy atom. The topological polar surface area (TPSA) is 76.1 Å². The fraction of sp³-hybridized carbons (Fsp3) is 0.269. The fourth-order valence-corrected chi connectivity index (χ4v) is 3.67. The van der Waals surface area contributed by atoms with Crippen LogP contribution in [0.1, 0.15) is 43.4 Å². The van der Waals surface area contributed by atoms with E-state index < -0.39 is 0 Å². The normalized spacial score (nSPS) is 15.8. The maximum atomic E-state index is 12.2. The van der Waals surface area contributed by atoms with Crippen molar-refractivity contribution in [2.24, 2.45) is 5.92 Å². The first-order chi connectivity index (χ1) is 15.4. The van der Waals surface area contributed by atoms with E-state index >= 15 is 0 Å². The summed E-state index contributed by atoms with van der Waals surface area (Å²) >= 11 is 0. The van der Waals surface area contributed by atoms with Gasteiger partial charge >= 0.3 is 0 Å². The summed E-state index contributed by atoms with van der Waals surface area (Å²) in [4.78, 5) is 21.1. The fourth-order valence-electron chi connectivity index (χ4n) is 3.67. The first kappa shape index (κ1) is 20.1. The largest absolute Gasteiger partial charge is 0.483 e. The van der Waals surface area contributed by atoms with Crippen molar-refractivity contribution >= 4 is 34.4 Å². The lowest BCUT2D eigenvalue weighted by molar-refractivity contribution is -0.117. The van der Waals surface area contributed by atoms with Gasteiger partial charge in [-0.3, -0.25) is 4.79 Å². The lowest BCUT2D eigenvalue weighted by atomic mass is 10.0. The molecule has 3 heterocycles. The predicted octanol–water partition coefficient (Wildman–Crippen LogP) is 4.60. The molecule has 1 aliphatic heterocycles. The number of rotatable bonds is 3. The molecule has 2 aliphatic rings. The minimum Gasteiger partial charge on any atom is -0.483 e. The molecule has 0 saturated heterocycles. The van der Waals surface area contributed by atoms with Crippen molar-refractivity contribution in [1.82, 2.24) is 9.97 Å². The highest BCUT2D eigenvalue weighted by molar-refractivity contribution is 5.99. The Labute approximate surface area is 187 Å². The van der Waals surface area contributed by atoms with Gasteiger partial charge in [0.25, 0.3) is 0 Å². The molecule has 2 aromatic heterocycles. The second-order valence-corrected chi connectivity index (χ2v) is 8.69. The van der Waals surface area contributed by atoms with Gasteiger partial charge in [-0.05, 0) is 57.0 Å². The zero-order valence-electron chi connectivity index (χ0n) is 18.3. The molecule has 0 radical (unpaired) electrons. The van der Waals surface area contributed by atoms with Crippen molar-refractivity contribution in [3.8, 4) is 17.6 Å². The molecule has 0 unspecified atom stereocenters. The number of benzene rings is 1. The van der Waals surface area contributed by atoms with E-state index in [1.807, 2.05) is 51.2 Å². The van der Waals surface area contributed by atoms with Crippen LogP contribution in [0, 0.1) is 17.8 Å². The zero-order valence-corrected chi connectivity index (χ0v) is 18.3. The van der Waals surface area contributed by atoms with Gasteiger partial charge in [-0.15, -0.1) is 0 Å². The molecule has 6 heteroatoms. The van der Waals surface area contributed by atoms with Crippen LogP contribution in [0.5, 0.6) is 5.75 Å². The number of carbonyl (C=O) groups is 1. The van der Waals surface area contributed by atoms with Gasteiger partial charge in [-0.25, -0.2) is 9.97 Å². The number of nitrogens with zero attached hydrogens (tertiary/aromatic N) is 2. The summed E-state index contributed by atoms with van der Waals surface area (Å²) in [7, 11) is 1.82. The van der Waals surface area contributed by atoms with Crippen molar-refractivity contribution in [3.63, 3.8) is 0 Å². The number of hydrogen-bond acceptors (Lipinski definition) is 5. The average molecular weight is 425 g/mol.